The first-order valence-corrected chi connectivity index (χ1v) is 10.0. The quantitative estimate of drug-likeness (QED) is 0.697. The Kier molecular flexibility index (Phi) is 5.26. The van der Waals surface area contributed by atoms with Crippen molar-refractivity contribution < 1.29 is 14.3 Å². The highest BCUT2D eigenvalue weighted by molar-refractivity contribution is 7.15. The van der Waals surface area contributed by atoms with Gasteiger partial charge >= 0.3 is 0 Å². The third kappa shape index (κ3) is 4.12. The monoisotopic (exact) mass is 408 g/mol. The molecule has 1 atom stereocenters. The average molecular weight is 408 g/mol. The van der Waals surface area contributed by atoms with Crippen molar-refractivity contribution >= 4 is 34.0 Å². The molecule has 0 radical (unpaired) electrons. The molecule has 8 heteroatoms. The molecule has 148 valence electrons. The third-order valence-corrected chi connectivity index (χ3v) is 5.83. The Hall–Kier alpha value is -3.26. The van der Waals surface area contributed by atoms with E-state index in [0.717, 1.165) is 16.3 Å². The molecule has 2 amide bonds. The molecule has 0 aliphatic carbocycles. The van der Waals surface area contributed by atoms with Crippen LogP contribution < -0.4 is 15.0 Å². The summed E-state index contributed by atoms with van der Waals surface area (Å²) in [5, 5.41) is 12.2. The summed E-state index contributed by atoms with van der Waals surface area (Å²) in [5.41, 5.74) is 2.54. The fourth-order valence-electron chi connectivity index (χ4n) is 3.21. The zero-order valence-electron chi connectivity index (χ0n) is 16.1. The largest absolute Gasteiger partial charge is 0.497 e. The van der Waals surface area contributed by atoms with E-state index in [2.05, 4.69) is 15.5 Å². The van der Waals surface area contributed by atoms with Gasteiger partial charge in [-0.1, -0.05) is 29.0 Å². The molecule has 1 N–H and O–H groups in total. The Balaban J connectivity index is 1.42. The van der Waals surface area contributed by atoms with Gasteiger partial charge in [0.15, 0.2) is 0 Å². The molecule has 1 aromatic heterocycles. The highest BCUT2D eigenvalue weighted by atomic mass is 32.1. The van der Waals surface area contributed by atoms with Gasteiger partial charge in [-0.2, -0.15) is 0 Å². The number of hydrogen-bond donors (Lipinski definition) is 1. The second kappa shape index (κ2) is 8.00. The molecule has 7 nitrogen and oxygen atoms in total. The normalized spacial score (nSPS) is 16.1. The van der Waals surface area contributed by atoms with Gasteiger partial charge in [0.1, 0.15) is 10.8 Å². The van der Waals surface area contributed by atoms with E-state index in [4.69, 9.17) is 4.74 Å². The lowest BCUT2D eigenvalue weighted by molar-refractivity contribution is -0.117. The summed E-state index contributed by atoms with van der Waals surface area (Å²) in [7, 11) is 1.57. The van der Waals surface area contributed by atoms with Crippen molar-refractivity contribution in [1.29, 1.82) is 0 Å². The summed E-state index contributed by atoms with van der Waals surface area (Å²) in [5.74, 6) is 0.453. The zero-order valence-corrected chi connectivity index (χ0v) is 16.9. The number of methoxy groups -OCH3 is 1. The number of amides is 2. The molecule has 0 spiro atoms. The lowest BCUT2D eigenvalue weighted by Crippen LogP contribution is -2.24. The van der Waals surface area contributed by atoms with Gasteiger partial charge < -0.3 is 9.64 Å². The Morgan fingerprint density at radius 1 is 1.14 bits per heavy atom. The fourth-order valence-corrected chi connectivity index (χ4v) is 4.04. The van der Waals surface area contributed by atoms with Gasteiger partial charge in [-0.3, -0.25) is 14.9 Å². The second-order valence-electron chi connectivity index (χ2n) is 6.87. The number of nitrogens with one attached hydrogen (secondary N) is 1. The molecule has 1 aliphatic heterocycles. The van der Waals surface area contributed by atoms with E-state index in [1.54, 1.807) is 36.3 Å². The number of aromatic nitrogens is 2. The number of rotatable bonds is 5. The van der Waals surface area contributed by atoms with Crippen LogP contribution in [0.1, 0.15) is 33.3 Å². The standard InChI is InChI=1S/C21H20N4O3S/c1-13-3-7-16(8-4-13)25-12-15(11-18(25)26)20-23-24-21(29-20)22-19(27)14-5-9-17(28-2)10-6-14/h3-10,15H,11-12H2,1-2H3,(H,22,24,27). The lowest BCUT2D eigenvalue weighted by atomic mass is 10.1. The Morgan fingerprint density at radius 2 is 1.86 bits per heavy atom. The van der Waals surface area contributed by atoms with E-state index >= 15 is 0 Å². The molecule has 0 bridgehead atoms. The number of benzene rings is 2. The zero-order chi connectivity index (χ0) is 20.4. The van der Waals surface area contributed by atoms with E-state index < -0.39 is 0 Å². The van der Waals surface area contributed by atoms with Crippen LogP contribution in [0.15, 0.2) is 48.5 Å². The summed E-state index contributed by atoms with van der Waals surface area (Å²) < 4.78 is 5.10. The van der Waals surface area contributed by atoms with Crippen LogP contribution in [0.3, 0.4) is 0 Å². The topological polar surface area (TPSA) is 84.4 Å². The summed E-state index contributed by atoms with van der Waals surface area (Å²) in [4.78, 5) is 26.6. The first kappa shape index (κ1) is 19.1. The van der Waals surface area contributed by atoms with Gasteiger partial charge in [0, 0.05) is 30.1 Å². The van der Waals surface area contributed by atoms with E-state index in [0.29, 0.717) is 29.4 Å². The van der Waals surface area contributed by atoms with Crippen molar-refractivity contribution in [2.75, 3.05) is 23.9 Å². The molecule has 1 saturated heterocycles. The maximum absolute atomic E-state index is 12.5. The van der Waals surface area contributed by atoms with Gasteiger partial charge in [-0.25, -0.2) is 0 Å². The van der Waals surface area contributed by atoms with Crippen LogP contribution in [-0.4, -0.2) is 35.7 Å². The summed E-state index contributed by atoms with van der Waals surface area (Å²) in [6.07, 6.45) is 0.384. The number of nitrogens with zero attached hydrogens (tertiary/aromatic N) is 3. The maximum Gasteiger partial charge on any atom is 0.257 e. The van der Waals surface area contributed by atoms with Crippen LogP contribution in [-0.2, 0) is 4.79 Å². The molecule has 1 aliphatic rings. The highest BCUT2D eigenvalue weighted by Crippen LogP contribution is 2.34. The van der Waals surface area contributed by atoms with Crippen LogP contribution >= 0.6 is 11.3 Å². The van der Waals surface area contributed by atoms with Crippen LogP contribution in [0.5, 0.6) is 5.75 Å². The summed E-state index contributed by atoms with van der Waals surface area (Å²) in [6.45, 7) is 2.57. The summed E-state index contributed by atoms with van der Waals surface area (Å²) in [6, 6.07) is 14.7. The molecule has 2 heterocycles. The number of carbonyl (C=O) groups excluding carboxylic acids is 2. The van der Waals surface area contributed by atoms with Crippen molar-refractivity contribution in [3.05, 3.63) is 64.7 Å². The van der Waals surface area contributed by atoms with E-state index in [1.165, 1.54) is 11.3 Å². The van der Waals surface area contributed by atoms with E-state index in [1.807, 2.05) is 31.2 Å². The van der Waals surface area contributed by atoms with Crippen molar-refractivity contribution in [1.82, 2.24) is 10.2 Å². The Labute approximate surface area is 172 Å². The molecular weight excluding hydrogens is 388 g/mol. The number of hydrogen-bond acceptors (Lipinski definition) is 6. The SMILES string of the molecule is COc1ccc(C(=O)Nc2nnc(C3CC(=O)N(c4ccc(C)cc4)C3)s2)cc1. The Morgan fingerprint density at radius 3 is 2.55 bits per heavy atom. The smallest absolute Gasteiger partial charge is 0.257 e. The molecule has 2 aromatic carbocycles. The minimum absolute atomic E-state index is 0.0343. The van der Waals surface area contributed by atoms with Gasteiger partial charge in [-0.05, 0) is 43.3 Å². The maximum atomic E-state index is 12.5. The Bertz CT molecular complexity index is 1030. The molecule has 29 heavy (non-hydrogen) atoms. The second-order valence-corrected chi connectivity index (χ2v) is 7.88. The molecule has 0 saturated carbocycles. The molecule has 1 fully saturated rings. The van der Waals surface area contributed by atoms with Crippen LogP contribution in [0, 0.1) is 6.92 Å². The first-order valence-electron chi connectivity index (χ1n) is 9.19. The molecule has 4 rings (SSSR count). The fraction of sp³-hybridized carbons (Fsp3) is 0.238. The van der Waals surface area contributed by atoms with Crippen molar-refractivity contribution in [2.24, 2.45) is 0 Å². The highest BCUT2D eigenvalue weighted by Gasteiger charge is 2.34. The molecule has 1 unspecified atom stereocenters. The van der Waals surface area contributed by atoms with Crippen molar-refractivity contribution in [3.8, 4) is 5.75 Å². The number of ether oxygens (including phenoxy) is 1. The van der Waals surface area contributed by atoms with Crippen LogP contribution in [0.4, 0.5) is 10.8 Å². The van der Waals surface area contributed by atoms with Gasteiger partial charge in [0.05, 0.1) is 7.11 Å². The third-order valence-electron chi connectivity index (χ3n) is 4.83. The first-order chi connectivity index (χ1) is 14.0. The van der Waals surface area contributed by atoms with Crippen molar-refractivity contribution in [3.63, 3.8) is 0 Å². The predicted octanol–water partition coefficient (Wildman–Crippen LogP) is 3.63. The minimum Gasteiger partial charge on any atom is -0.497 e. The van der Waals surface area contributed by atoms with Crippen molar-refractivity contribution in [2.45, 2.75) is 19.3 Å². The lowest BCUT2D eigenvalue weighted by Gasteiger charge is -2.16. The van der Waals surface area contributed by atoms with Crippen LogP contribution in [0.25, 0.3) is 0 Å². The van der Waals surface area contributed by atoms with Crippen LogP contribution in [0.2, 0.25) is 0 Å². The number of carbonyl (C=O) groups is 2. The molecular formula is C21H20N4O3S. The van der Waals surface area contributed by atoms with Gasteiger partial charge in [0.2, 0.25) is 11.0 Å². The average Bonchev–Trinajstić information content (AvgIpc) is 3.35. The van der Waals surface area contributed by atoms with E-state index in [9.17, 15) is 9.59 Å². The number of aryl methyl sites for hydroxylation is 1. The summed E-state index contributed by atoms with van der Waals surface area (Å²) >= 11 is 1.30. The van der Waals surface area contributed by atoms with Gasteiger partial charge in [-0.15, -0.1) is 10.2 Å². The van der Waals surface area contributed by atoms with Gasteiger partial charge in [0.25, 0.3) is 5.91 Å². The minimum atomic E-state index is -0.265. The molecule has 3 aromatic rings. The predicted molar refractivity (Wildman–Crippen MR) is 112 cm³/mol. The van der Waals surface area contributed by atoms with E-state index in [-0.39, 0.29) is 17.7 Å². The number of anilines is 2.